The van der Waals surface area contributed by atoms with E-state index in [1.807, 2.05) is 6.92 Å². The summed E-state index contributed by atoms with van der Waals surface area (Å²) in [5.41, 5.74) is 0.574. The summed E-state index contributed by atoms with van der Waals surface area (Å²) in [6, 6.07) is 0.252. The van der Waals surface area contributed by atoms with Crippen molar-refractivity contribution in [1.29, 1.82) is 0 Å². The molecule has 1 unspecified atom stereocenters. The van der Waals surface area contributed by atoms with E-state index in [1.54, 1.807) is 0 Å². The van der Waals surface area contributed by atoms with Crippen LogP contribution in [0.2, 0.25) is 0 Å². The van der Waals surface area contributed by atoms with Gasteiger partial charge in [-0.2, -0.15) is 0 Å². The summed E-state index contributed by atoms with van der Waals surface area (Å²) >= 11 is 0. The van der Waals surface area contributed by atoms with Crippen LogP contribution in [0.1, 0.15) is 59.3 Å². The van der Waals surface area contributed by atoms with Crippen LogP contribution in [0.4, 0.5) is 0 Å². The number of hydrogen-bond donors (Lipinski definition) is 2. The van der Waals surface area contributed by atoms with Crippen molar-refractivity contribution in [2.75, 3.05) is 26.2 Å². The highest BCUT2D eigenvalue weighted by Crippen LogP contribution is 2.47. The minimum Gasteiger partial charge on any atom is -0.357 e. The lowest BCUT2D eigenvalue weighted by Crippen LogP contribution is -2.42. The van der Waals surface area contributed by atoms with Crippen molar-refractivity contribution < 1.29 is 4.79 Å². The van der Waals surface area contributed by atoms with E-state index < -0.39 is 0 Å². The fourth-order valence-electron chi connectivity index (χ4n) is 3.34. The first kappa shape index (κ1) is 20.5. The maximum absolute atomic E-state index is 11.8. The minimum absolute atomic E-state index is 0. The van der Waals surface area contributed by atoms with Crippen LogP contribution >= 0.6 is 24.0 Å². The number of aliphatic imine (C=N–C) groups is 1. The lowest BCUT2D eigenvalue weighted by Gasteiger charge is -2.38. The molecule has 5 nitrogen and oxygen atoms in total. The van der Waals surface area contributed by atoms with Gasteiger partial charge in [-0.3, -0.25) is 9.79 Å². The molecule has 1 saturated heterocycles. The molecule has 0 bridgehead atoms. The van der Waals surface area contributed by atoms with Gasteiger partial charge in [0, 0.05) is 32.1 Å². The Morgan fingerprint density at radius 3 is 2.57 bits per heavy atom. The molecule has 1 heterocycles. The molecule has 23 heavy (non-hydrogen) atoms. The largest absolute Gasteiger partial charge is 0.357 e. The Kier molecular flexibility index (Phi) is 8.64. The molecule has 1 saturated carbocycles. The molecule has 0 aromatic carbocycles. The zero-order chi connectivity index (χ0) is 16.0. The van der Waals surface area contributed by atoms with Crippen LogP contribution in [-0.2, 0) is 4.79 Å². The third-order valence-corrected chi connectivity index (χ3v) is 5.11. The van der Waals surface area contributed by atoms with Crippen molar-refractivity contribution in [3.63, 3.8) is 0 Å². The summed E-state index contributed by atoms with van der Waals surface area (Å²) in [6.45, 7) is 9.89. The van der Waals surface area contributed by atoms with E-state index >= 15 is 0 Å². The first-order valence-electron chi connectivity index (χ1n) is 8.91. The molecular formula is C17H33IN4O. The average Bonchev–Trinajstić information content (AvgIpc) is 2.91. The molecule has 0 radical (unpaired) electrons. The number of carbonyl (C=O) groups excluding carboxylic acids is 1. The highest BCUT2D eigenvalue weighted by Gasteiger charge is 2.43. The van der Waals surface area contributed by atoms with Gasteiger partial charge in [-0.05, 0) is 44.9 Å². The highest BCUT2D eigenvalue weighted by molar-refractivity contribution is 14.0. The van der Waals surface area contributed by atoms with Crippen LogP contribution in [0.3, 0.4) is 0 Å². The van der Waals surface area contributed by atoms with Gasteiger partial charge in [0.15, 0.2) is 5.96 Å². The summed E-state index contributed by atoms with van der Waals surface area (Å²) in [7, 11) is 0. The quantitative estimate of drug-likeness (QED) is 0.383. The lowest BCUT2D eigenvalue weighted by atomic mass is 9.68. The summed E-state index contributed by atoms with van der Waals surface area (Å²) in [6.07, 6.45) is 6.87. The lowest BCUT2D eigenvalue weighted by molar-refractivity contribution is -0.121. The number of nitrogens with zero attached hydrogens (tertiary/aromatic N) is 2. The molecule has 1 aliphatic heterocycles. The second-order valence-corrected chi connectivity index (χ2v) is 6.89. The molecule has 2 aliphatic rings. The number of likely N-dealkylation sites (tertiary alicyclic amines) is 1. The van der Waals surface area contributed by atoms with Gasteiger partial charge < -0.3 is 15.5 Å². The molecule has 1 amide bonds. The molecule has 6 heteroatoms. The van der Waals surface area contributed by atoms with Crippen LogP contribution in [0.25, 0.3) is 0 Å². The molecule has 1 aliphatic carbocycles. The molecule has 2 fully saturated rings. The average molecular weight is 436 g/mol. The fraction of sp³-hybridized carbons (Fsp3) is 0.882. The standard InChI is InChI=1S/C17H32N4O.HI/c1-4-14(3)20-15(22)7-11-19-16(18-5-2)21-12-10-17(13-21)8-6-9-17;/h14H,4-13H2,1-3H3,(H,18,19)(H,20,22);1H. The predicted octanol–water partition coefficient (Wildman–Crippen LogP) is 2.75. The van der Waals surface area contributed by atoms with Crippen LogP contribution in [0, 0.1) is 5.41 Å². The predicted molar refractivity (Wildman–Crippen MR) is 106 cm³/mol. The highest BCUT2D eigenvalue weighted by atomic mass is 127. The van der Waals surface area contributed by atoms with E-state index in [2.05, 4.69) is 34.4 Å². The van der Waals surface area contributed by atoms with Gasteiger partial charge in [0.1, 0.15) is 0 Å². The third-order valence-electron chi connectivity index (χ3n) is 5.11. The van der Waals surface area contributed by atoms with Crippen molar-refractivity contribution >= 4 is 35.8 Å². The number of hydrogen-bond acceptors (Lipinski definition) is 2. The summed E-state index contributed by atoms with van der Waals surface area (Å²) in [4.78, 5) is 18.9. The van der Waals surface area contributed by atoms with Gasteiger partial charge in [0.25, 0.3) is 0 Å². The van der Waals surface area contributed by atoms with Gasteiger partial charge in [-0.15, -0.1) is 24.0 Å². The molecule has 1 atom stereocenters. The maximum atomic E-state index is 11.8. The zero-order valence-corrected chi connectivity index (χ0v) is 17.2. The Bertz CT molecular complexity index is 409. The molecule has 1 spiro atoms. The molecule has 0 aromatic heterocycles. The van der Waals surface area contributed by atoms with E-state index in [0.29, 0.717) is 18.4 Å². The molecular weight excluding hydrogens is 403 g/mol. The number of halogens is 1. The minimum atomic E-state index is 0. The first-order chi connectivity index (χ1) is 10.6. The second-order valence-electron chi connectivity index (χ2n) is 6.89. The smallest absolute Gasteiger partial charge is 0.222 e. The third kappa shape index (κ3) is 5.80. The van der Waals surface area contributed by atoms with E-state index in [0.717, 1.165) is 32.0 Å². The Labute approximate surface area is 158 Å². The summed E-state index contributed by atoms with van der Waals surface area (Å²) in [5, 5.41) is 6.37. The van der Waals surface area contributed by atoms with E-state index in [-0.39, 0.29) is 35.9 Å². The zero-order valence-electron chi connectivity index (χ0n) is 14.9. The van der Waals surface area contributed by atoms with Crippen LogP contribution in [0.15, 0.2) is 4.99 Å². The Morgan fingerprint density at radius 2 is 2.04 bits per heavy atom. The topological polar surface area (TPSA) is 56.7 Å². The Morgan fingerprint density at radius 1 is 1.30 bits per heavy atom. The monoisotopic (exact) mass is 436 g/mol. The van der Waals surface area contributed by atoms with Crippen LogP contribution in [-0.4, -0.2) is 49.0 Å². The van der Waals surface area contributed by atoms with Gasteiger partial charge in [-0.1, -0.05) is 13.3 Å². The summed E-state index contributed by atoms with van der Waals surface area (Å²) in [5.74, 6) is 1.09. The normalized spacial score (nSPS) is 20.7. The number of nitrogens with one attached hydrogen (secondary N) is 2. The van der Waals surface area contributed by atoms with Gasteiger partial charge in [0.2, 0.25) is 5.91 Å². The Hall–Kier alpha value is -0.530. The van der Waals surface area contributed by atoms with E-state index in [4.69, 9.17) is 0 Å². The number of guanidine groups is 1. The molecule has 0 aromatic rings. The van der Waals surface area contributed by atoms with Crippen molar-refractivity contribution in [2.24, 2.45) is 10.4 Å². The van der Waals surface area contributed by atoms with Crippen molar-refractivity contribution in [1.82, 2.24) is 15.5 Å². The maximum Gasteiger partial charge on any atom is 0.222 e. The second kappa shape index (κ2) is 9.69. The van der Waals surface area contributed by atoms with Crippen molar-refractivity contribution in [3.8, 4) is 0 Å². The Balaban J connectivity index is 0.00000264. The SMILES string of the molecule is CCNC(=NCCC(=O)NC(C)CC)N1CCC2(CCC2)C1.I. The van der Waals surface area contributed by atoms with Gasteiger partial charge in [0.05, 0.1) is 6.54 Å². The van der Waals surface area contributed by atoms with Crippen LogP contribution in [0.5, 0.6) is 0 Å². The van der Waals surface area contributed by atoms with Gasteiger partial charge in [-0.25, -0.2) is 0 Å². The van der Waals surface area contributed by atoms with Crippen molar-refractivity contribution in [3.05, 3.63) is 0 Å². The van der Waals surface area contributed by atoms with E-state index in [1.165, 1.54) is 25.7 Å². The number of amides is 1. The summed E-state index contributed by atoms with van der Waals surface area (Å²) < 4.78 is 0. The molecule has 2 rings (SSSR count). The number of carbonyl (C=O) groups is 1. The number of rotatable bonds is 6. The molecule has 2 N–H and O–H groups in total. The fourth-order valence-corrected chi connectivity index (χ4v) is 3.34. The first-order valence-corrected chi connectivity index (χ1v) is 8.91. The van der Waals surface area contributed by atoms with E-state index in [9.17, 15) is 4.79 Å². The van der Waals surface area contributed by atoms with Crippen LogP contribution < -0.4 is 10.6 Å². The van der Waals surface area contributed by atoms with Crippen molar-refractivity contribution in [2.45, 2.75) is 65.3 Å². The molecule has 134 valence electrons. The van der Waals surface area contributed by atoms with Gasteiger partial charge >= 0.3 is 0 Å².